The van der Waals surface area contributed by atoms with Crippen LogP contribution < -0.4 is 27.1 Å². The Hall–Kier alpha value is -3.32. The summed E-state index contributed by atoms with van der Waals surface area (Å²) in [5.41, 5.74) is 1.06. The average molecular weight is 369 g/mol. The van der Waals surface area contributed by atoms with Crippen LogP contribution in [0.1, 0.15) is 5.56 Å². The molecule has 0 aliphatic carbocycles. The van der Waals surface area contributed by atoms with Gasteiger partial charge in [-0.2, -0.15) is 0 Å². The molecule has 4 N–H and O–H groups in total. The highest BCUT2D eigenvalue weighted by Crippen LogP contribution is 2.23. The molecule has 4 aromatic rings. The monoisotopic (exact) mass is 368 g/mol. The van der Waals surface area contributed by atoms with E-state index in [0.717, 1.165) is 5.56 Å². The van der Waals surface area contributed by atoms with Crippen molar-refractivity contribution < 1.29 is 0 Å². The molecule has 1 heterocycles. The number of aromatic nitrogens is 2. The first-order chi connectivity index (χ1) is 12.5. The Balaban J connectivity index is 1.58. The van der Waals surface area contributed by atoms with Gasteiger partial charge in [0, 0.05) is 17.3 Å². The van der Waals surface area contributed by atoms with Crippen molar-refractivity contribution >= 4 is 39.6 Å². The lowest BCUT2D eigenvalue weighted by Gasteiger charge is -2.15. The van der Waals surface area contributed by atoms with Crippen molar-refractivity contribution in [3.8, 4) is 0 Å². The second-order valence-electron chi connectivity index (χ2n) is 5.86. The Kier molecular flexibility index (Phi) is 3.85. The minimum absolute atomic E-state index is 0.184. The van der Waals surface area contributed by atoms with Crippen molar-refractivity contribution in [2.24, 2.45) is 0 Å². The average Bonchev–Trinajstić information content (AvgIpc) is 3.01. The fourth-order valence-corrected chi connectivity index (χ4v) is 2.98. The van der Waals surface area contributed by atoms with Crippen molar-refractivity contribution in [2.75, 3.05) is 10.6 Å². The van der Waals surface area contributed by atoms with Gasteiger partial charge in [0.15, 0.2) is 0 Å². The van der Waals surface area contributed by atoms with Crippen LogP contribution in [-0.2, 0) is 6.54 Å². The minimum atomic E-state index is -0.596. The number of halogens is 1. The van der Waals surface area contributed by atoms with Crippen molar-refractivity contribution in [3.05, 3.63) is 83.9 Å². The highest BCUT2D eigenvalue weighted by atomic mass is 35.5. The third-order valence-electron chi connectivity index (χ3n) is 4.11. The first-order valence-corrected chi connectivity index (χ1v) is 8.20. The summed E-state index contributed by atoms with van der Waals surface area (Å²) in [5.74, 6) is 0. The molecule has 0 atom stereocenters. The largest absolute Gasteiger partial charge is 0.376 e. The summed E-state index contributed by atoms with van der Waals surface area (Å²) in [5, 5.41) is 12.2. The van der Waals surface area contributed by atoms with Gasteiger partial charge in [0.25, 0.3) is 16.4 Å². The zero-order valence-corrected chi connectivity index (χ0v) is 14.1. The van der Waals surface area contributed by atoms with Crippen molar-refractivity contribution in [2.45, 2.75) is 6.54 Å². The molecule has 0 saturated heterocycles. The molecule has 8 heteroatoms. The van der Waals surface area contributed by atoms with Gasteiger partial charge in [-0.15, -0.1) is 0 Å². The van der Waals surface area contributed by atoms with E-state index in [2.05, 4.69) is 20.8 Å². The standard InChI is InChI=1S/C18H13ClN4O3/c19-10-3-1-2-9(6-10)8-20-14-15(17(25)16(14)24)21-11-4-5-13-12(7-11)18(26)23-22-13/h1-7,20-21H,8H2,(H2,22,23,26). The van der Waals surface area contributed by atoms with E-state index in [1.807, 2.05) is 12.1 Å². The maximum atomic E-state index is 11.9. The van der Waals surface area contributed by atoms with E-state index in [-0.39, 0.29) is 16.9 Å². The molecule has 0 fully saturated rings. The number of anilines is 3. The Bertz CT molecular complexity index is 1250. The maximum Gasteiger partial charge on any atom is 0.271 e. The van der Waals surface area contributed by atoms with Crippen LogP contribution in [0, 0.1) is 0 Å². The van der Waals surface area contributed by atoms with Gasteiger partial charge in [-0.05, 0) is 35.9 Å². The van der Waals surface area contributed by atoms with E-state index in [9.17, 15) is 14.4 Å². The molecule has 0 saturated carbocycles. The quantitative estimate of drug-likeness (QED) is 0.405. The summed E-state index contributed by atoms with van der Waals surface area (Å²) in [6.45, 7) is 0.358. The predicted octanol–water partition coefficient (Wildman–Crippen LogP) is 2.46. The van der Waals surface area contributed by atoms with Gasteiger partial charge in [0.1, 0.15) is 11.4 Å². The summed E-state index contributed by atoms with van der Waals surface area (Å²) in [6.07, 6.45) is 0. The highest BCUT2D eigenvalue weighted by Gasteiger charge is 2.21. The lowest BCUT2D eigenvalue weighted by Crippen LogP contribution is -2.36. The number of nitrogens with one attached hydrogen (secondary N) is 4. The summed E-state index contributed by atoms with van der Waals surface area (Å²) in [4.78, 5) is 35.5. The van der Waals surface area contributed by atoms with Gasteiger partial charge < -0.3 is 10.6 Å². The molecule has 3 aromatic carbocycles. The van der Waals surface area contributed by atoms with E-state index in [0.29, 0.717) is 28.2 Å². The van der Waals surface area contributed by atoms with Crippen LogP contribution in [-0.4, -0.2) is 10.2 Å². The number of hydrogen-bond acceptors (Lipinski definition) is 5. The first-order valence-electron chi connectivity index (χ1n) is 7.82. The topological polar surface area (TPSA) is 107 Å². The van der Waals surface area contributed by atoms with E-state index in [1.54, 1.807) is 30.3 Å². The molecule has 7 nitrogen and oxygen atoms in total. The third kappa shape index (κ3) is 2.78. The molecule has 1 aromatic heterocycles. The Labute approximate surface area is 151 Å². The van der Waals surface area contributed by atoms with E-state index in [4.69, 9.17) is 11.6 Å². The van der Waals surface area contributed by atoms with Gasteiger partial charge in [-0.1, -0.05) is 23.7 Å². The van der Waals surface area contributed by atoms with Crippen molar-refractivity contribution in [1.82, 2.24) is 10.2 Å². The molecular formula is C18H13ClN4O3. The van der Waals surface area contributed by atoms with Crippen LogP contribution in [0.4, 0.5) is 17.1 Å². The van der Waals surface area contributed by atoms with Crippen molar-refractivity contribution in [3.63, 3.8) is 0 Å². The lowest BCUT2D eigenvalue weighted by molar-refractivity contribution is 1.08. The van der Waals surface area contributed by atoms with Gasteiger partial charge in [0.05, 0.1) is 10.9 Å². The first kappa shape index (κ1) is 16.2. The summed E-state index contributed by atoms with van der Waals surface area (Å²) in [6, 6.07) is 12.2. The van der Waals surface area contributed by atoms with Gasteiger partial charge >= 0.3 is 0 Å². The van der Waals surface area contributed by atoms with Crippen LogP contribution >= 0.6 is 11.6 Å². The van der Waals surface area contributed by atoms with Gasteiger partial charge in [-0.3, -0.25) is 24.6 Å². The van der Waals surface area contributed by atoms with Gasteiger partial charge in [-0.25, -0.2) is 0 Å². The fraction of sp³-hybridized carbons (Fsp3) is 0.0556. The van der Waals surface area contributed by atoms with Crippen molar-refractivity contribution in [1.29, 1.82) is 0 Å². The summed E-state index contributed by atoms with van der Waals surface area (Å²) in [7, 11) is 0. The summed E-state index contributed by atoms with van der Waals surface area (Å²) >= 11 is 5.94. The molecule has 0 bridgehead atoms. The van der Waals surface area contributed by atoms with Crippen LogP contribution in [0.25, 0.3) is 10.9 Å². The fourth-order valence-electron chi connectivity index (χ4n) is 2.77. The van der Waals surface area contributed by atoms with Crippen LogP contribution in [0.2, 0.25) is 5.02 Å². The number of aromatic amines is 2. The second kappa shape index (κ2) is 6.20. The van der Waals surface area contributed by atoms with E-state index < -0.39 is 10.9 Å². The molecule has 0 radical (unpaired) electrons. The van der Waals surface area contributed by atoms with Crippen LogP contribution in [0.15, 0.2) is 56.8 Å². The zero-order chi connectivity index (χ0) is 18.3. The Morgan fingerprint density at radius 3 is 2.54 bits per heavy atom. The Morgan fingerprint density at radius 1 is 0.923 bits per heavy atom. The smallest absolute Gasteiger partial charge is 0.271 e. The third-order valence-corrected chi connectivity index (χ3v) is 4.35. The Morgan fingerprint density at radius 2 is 1.73 bits per heavy atom. The number of H-pyrrole nitrogens is 2. The number of benzene rings is 2. The van der Waals surface area contributed by atoms with Gasteiger partial charge in [0.2, 0.25) is 0 Å². The van der Waals surface area contributed by atoms with E-state index >= 15 is 0 Å². The van der Waals surface area contributed by atoms with E-state index in [1.165, 1.54) is 0 Å². The highest BCUT2D eigenvalue weighted by molar-refractivity contribution is 6.30. The molecule has 26 heavy (non-hydrogen) atoms. The number of hydrogen-bond donors (Lipinski definition) is 4. The maximum absolute atomic E-state index is 11.9. The minimum Gasteiger partial charge on any atom is -0.376 e. The van der Waals surface area contributed by atoms with Crippen LogP contribution in [0.5, 0.6) is 0 Å². The SMILES string of the molecule is O=c1c(NCc2cccc(Cl)c2)c(Nc2ccc3[nH][nH]c(=O)c3c2)c1=O. The second-order valence-corrected chi connectivity index (χ2v) is 6.29. The number of rotatable bonds is 5. The molecule has 130 valence electrons. The molecule has 0 aliphatic rings. The zero-order valence-electron chi connectivity index (χ0n) is 13.4. The lowest BCUT2D eigenvalue weighted by atomic mass is 10.1. The number of fused-ring (bicyclic) bond motifs is 1. The predicted molar refractivity (Wildman–Crippen MR) is 102 cm³/mol. The molecule has 0 unspecified atom stereocenters. The summed E-state index contributed by atoms with van der Waals surface area (Å²) < 4.78 is 0. The normalized spacial score (nSPS) is 11.1. The molecular weight excluding hydrogens is 356 g/mol. The van der Waals surface area contributed by atoms with Crippen LogP contribution in [0.3, 0.4) is 0 Å². The molecule has 4 rings (SSSR count). The molecule has 0 spiro atoms. The molecule has 0 aliphatic heterocycles. The molecule has 0 amide bonds.